The molecule has 1 fully saturated rings. The monoisotopic (exact) mass is 274 g/mol. The number of hydrogen-bond acceptors (Lipinski definition) is 7. The van der Waals surface area contributed by atoms with Crippen LogP contribution in [0, 0.1) is 0 Å². The number of anilines is 1. The Morgan fingerprint density at radius 1 is 1.65 bits per heavy atom. The van der Waals surface area contributed by atoms with Crippen molar-refractivity contribution in [3.8, 4) is 0 Å². The lowest BCUT2D eigenvalue weighted by Crippen LogP contribution is -2.22. The number of thioether (sulfide) groups is 1. The lowest BCUT2D eigenvalue weighted by molar-refractivity contribution is -0.133. The molecule has 0 aromatic carbocycles. The smallest absolute Gasteiger partial charge is 0.313 e. The average molecular weight is 274 g/mol. The molecule has 0 radical (unpaired) electrons. The second kappa shape index (κ2) is 5.32. The van der Waals surface area contributed by atoms with E-state index in [9.17, 15) is 9.59 Å². The molecule has 1 saturated heterocycles. The highest BCUT2D eigenvalue weighted by atomic mass is 32.2. The number of carbonyl (C=O) groups is 2. The number of nitrogens with zero attached hydrogens (tertiary/aromatic N) is 2. The van der Waals surface area contributed by atoms with E-state index in [1.807, 2.05) is 0 Å². The summed E-state index contributed by atoms with van der Waals surface area (Å²) in [6.07, 6.45) is 0.428. The van der Waals surface area contributed by atoms with Crippen LogP contribution >= 0.6 is 23.1 Å². The maximum Gasteiger partial charge on any atom is 0.313 e. The van der Waals surface area contributed by atoms with Crippen LogP contribution < -0.4 is 10.6 Å². The SMILES string of the molecule is O=C(O)CSc1nnc(NC2CNC(=O)C2)s1. The van der Waals surface area contributed by atoms with Crippen molar-refractivity contribution < 1.29 is 14.7 Å². The van der Waals surface area contributed by atoms with Gasteiger partial charge in [-0.2, -0.15) is 0 Å². The summed E-state index contributed by atoms with van der Waals surface area (Å²) < 4.78 is 0.604. The first-order chi connectivity index (χ1) is 8.13. The molecule has 1 aromatic rings. The highest BCUT2D eigenvalue weighted by molar-refractivity contribution is 8.01. The number of carboxylic acid groups (broad SMARTS) is 1. The number of carbonyl (C=O) groups excluding carboxylic acids is 1. The van der Waals surface area contributed by atoms with E-state index in [0.717, 1.165) is 11.8 Å². The number of aromatic nitrogens is 2. The molecule has 0 aliphatic carbocycles. The molecule has 1 atom stereocenters. The van der Waals surface area contributed by atoms with Gasteiger partial charge in [0.15, 0.2) is 4.34 Å². The van der Waals surface area contributed by atoms with Gasteiger partial charge in [0.1, 0.15) is 0 Å². The zero-order valence-electron chi connectivity index (χ0n) is 8.67. The highest BCUT2D eigenvalue weighted by Crippen LogP contribution is 2.26. The van der Waals surface area contributed by atoms with Gasteiger partial charge in [0, 0.05) is 13.0 Å². The van der Waals surface area contributed by atoms with E-state index in [4.69, 9.17) is 5.11 Å². The van der Waals surface area contributed by atoms with E-state index in [1.54, 1.807) is 0 Å². The third-order valence-electron chi connectivity index (χ3n) is 2.03. The van der Waals surface area contributed by atoms with Crippen LogP contribution in [0.15, 0.2) is 4.34 Å². The fraction of sp³-hybridized carbons (Fsp3) is 0.500. The number of carboxylic acids is 1. The summed E-state index contributed by atoms with van der Waals surface area (Å²) in [7, 11) is 0. The summed E-state index contributed by atoms with van der Waals surface area (Å²) in [4.78, 5) is 21.3. The normalized spacial score (nSPS) is 19.1. The molecular weight excluding hydrogens is 264 g/mol. The first-order valence-electron chi connectivity index (χ1n) is 4.85. The third-order valence-corrected chi connectivity index (χ3v) is 4.00. The summed E-state index contributed by atoms with van der Waals surface area (Å²) in [6.45, 7) is 0.579. The maximum absolute atomic E-state index is 11.0. The van der Waals surface area contributed by atoms with Gasteiger partial charge in [-0.25, -0.2) is 0 Å². The Labute approximate surface area is 105 Å². The molecule has 0 bridgehead atoms. The molecule has 17 heavy (non-hydrogen) atoms. The van der Waals surface area contributed by atoms with Crippen LogP contribution in [0.1, 0.15) is 6.42 Å². The minimum atomic E-state index is -0.884. The van der Waals surface area contributed by atoms with Gasteiger partial charge in [0.05, 0.1) is 11.8 Å². The van der Waals surface area contributed by atoms with Gasteiger partial charge >= 0.3 is 5.97 Å². The third kappa shape index (κ3) is 3.56. The van der Waals surface area contributed by atoms with Crippen molar-refractivity contribution in [1.29, 1.82) is 0 Å². The average Bonchev–Trinajstić information content (AvgIpc) is 2.86. The van der Waals surface area contributed by atoms with Crippen LogP contribution in [-0.2, 0) is 9.59 Å². The van der Waals surface area contributed by atoms with Gasteiger partial charge < -0.3 is 15.7 Å². The van der Waals surface area contributed by atoms with Crippen molar-refractivity contribution in [2.75, 3.05) is 17.6 Å². The first kappa shape index (κ1) is 12.1. The lowest BCUT2D eigenvalue weighted by Gasteiger charge is -2.06. The van der Waals surface area contributed by atoms with Gasteiger partial charge in [0.25, 0.3) is 0 Å². The molecule has 92 valence electrons. The fourth-order valence-electron chi connectivity index (χ4n) is 1.33. The van der Waals surface area contributed by atoms with Crippen LogP contribution in [0.5, 0.6) is 0 Å². The molecule has 9 heteroatoms. The first-order valence-corrected chi connectivity index (χ1v) is 6.65. The maximum atomic E-state index is 11.0. The number of hydrogen-bond donors (Lipinski definition) is 3. The summed E-state index contributed by atoms with van der Waals surface area (Å²) in [5.74, 6) is -0.893. The minimum absolute atomic E-state index is 0.0208. The Morgan fingerprint density at radius 3 is 3.12 bits per heavy atom. The Bertz CT molecular complexity index is 436. The molecule has 0 spiro atoms. The molecule has 7 nitrogen and oxygen atoms in total. The Balaban J connectivity index is 1.85. The molecule has 0 saturated carbocycles. The van der Waals surface area contributed by atoms with Crippen molar-refractivity contribution in [3.63, 3.8) is 0 Å². The Kier molecular flexibility index (Phi) is 3.79. The van der Waals surface area contributed by atoms with Crippen molar-refractivity contribution in [3.05, 3.63) is 0 Å². The van der Waals surface area contributed by atoms with Crippen molar-refractivity contribution >= 4 is 40.1 Å². The van der Waals surface area contributed by atoms with Gasteiger partial charge in [-0.05, 0) is 0 Å². The van der Waals surface area contributed by atoms with Crippen LogP contribution in [0.25, 0.3) is 0 Å². The van der Waals surface area contributed by atoms with E-state index in [0.29, 0.717) is 22.4 Å². The summed E-state index contributed by atoms with van der Waals surface area (Å²) >= 11 is 2.42. The summed E-state index contributed by atoms with van der Waals surface area (Å²) in [5.41, 5.74) is 0. The molecular formula is C8H10N4O3S2. The molecule has 2 heterocycles. The lowest BCUT2D eigenvalue weighted by atomic mass is 10.3. The van der Waals surface area contributed by atoms with Crippen LogP contribution in [0.2, 0.25) is 0 Å². The highest BCUT2D eigenvalue weighted by Gasteiger charge is 2.22. The van der Waals surface area contributed by atoms with E-state index >= 15 is 0 Å². The number of aliphatic carboxylic acids is 1. The van der Waals surface area contributed by atoms with Gasteiger partial charge in [-0.1, -0.05) is 23.1 Å². The Hall–Kier alpha value is -1.35. The summed E-state index contributed by atoms with van der Waals surface area (Å²) in [6, 6.07) is 0.0350. The largest absolute Gasteiger partial charge is 0.481 e. The van der Waals surface area contributed by atoms with Gasteiger partial charge in [0.2, 0.25) is 11.0 Å². The number of rotatable bonds is 5. The number of amides is 1. The van der Waals surface area contributed by atoms with E-state index in [1.165, 1.54) is 11.3 Å². The predicted molar refractivity (Wildman–Crippen MR) is 63.3 cm³/mol. The second-order valence-corrected chi connectivity index (χ2v) is 5.60. The van der Waals surface area contributed by atoms with Crippen LogP contribution in [-0.4, -0.2) is 45.5 Å². The summed E-state index contributed by atoms with van der Waals surface area (Å²) in [5, 5.41) is 22.7. The zero-order chi connectivity index (χ0) is 12.3. The molecule has 1 aliphatic rings. The standard InChI is InChI=1S/C8H10N4O3S2/c13-5-1-4(2-9-5)10-7-11-12-8(17-7)16-3-6(14)15/h4H,1-3H2,(H,9,13)(H,10,11)(H,14,15). The van der Waals surface area contributed by atoms with Crippen molar-refractivity contribution in [1.82, 2.24) is 15.5 Å². The quantitative estimate of drug-likeness (QED) is 0.650. The fourth-order valence-corrected chi connectivity index (χ4v) is 2.88. The number of nitrogens with one attached hydrogen (secondary N) is 2. The van der Waals surface area contributed by atoms with Gasteiger partial charge in [-0.15, -0.1) is 10.2 Å². The van der Waals surface area contributed by atoms with E-state index in [2.05, 4.69) is 20.8 Å². The van der Waals surface area contributed by atoms with Crippen LogP contribution in [0.4, 0.5) is 5.13 Å². The van der Waals surface area contributed by atoms with Crippen molar-refractivity contribution in [2.45, 2.75) is 16.8 Å². The molecule has 1 aromatic heterocycles. The van der Waals surface area contributed by atoms with E-state index < -0.39 is 5.97 Å². The second-order valence-electron chi connectivity index (χ2n) is 3.40. The molecule has 2 rings (SSSR count). The molecule has 1 amide bonds. The van der Waals surface area contributed by atoms with Crippen LogP contribution in [0.3, 0.4) is 0 Å². The predicted octanol–water partition coefficient (Wildman–Crippen LogP) is 0.0152. The Morgan fingerprint density at radius 2 is 2.47 bits per heavy atom. The minimum Gasteiger partial charge on any atom is -0.481 e. The van der Waals surface area contributed by atoms with Gasteiger partial charge in [-0.3, -0.25) is 9.59 Å². The van der Waals surface area contributed by atoms with Crippen molar-refractivity contribution in [2.24, 2.45) is 0 Å². The topological polar surface area (TPSA) is 104 Å². The molecule has 3 N–H and O–H groups in total. The molecule has 1 aliphatic heterocycles. The zero-order valence-corrected chi connectivity index (χ0v) is 10.3. The molecule has 1 unspecified atom stereocenters. The van der Waals surface area contributed by atoms with E-state index in [-0.39, 0.29) is 17.7 Å².